The number of ether oxygens (including phenoxy) is 1. The molecule has 0 fully saturated rings. The van der Waals surface area contributed by atoms with Crippen LogP contribution in [0.1, 0.15) is 10.4 Å². The topological polar surface area (TPSA) is 68.3 Å². The standard InChI is InChI=1S/C20H15F3N2O3/c21-20(22,23)12-24-18(26)11-28-19(27)15-10-17(13-6-2-1-3-7-13)25-16-9-5-4-8-14(15)16/h1-10H,11-12H2,(H,24,26). The number of esters is 1. The molecule has 144 valence electrons. The second-order valence-electron chi connectivity index (χ2n) is 5.91. The number of aromatic nitrogens is 1. The largest absolute Gasteiger partial charge is 0.452 e. The third-order valence-corrected chi connectivity index (χ3v) is 3.83. The molecule has 1 amide bonds. The van der Waals surface area contributed by atoms with Crippen LogP contribution in [0, 0.1) is 0 Å². The summed E-state index contributed by atoms with van der Waals surface area (Å²) in [6.07, 6.45) is -4.54. The smallest absolute Gasteiger partial charge is 0.405 e. The normalized spacial score (nSPS) is 11.2. The van der Waals surface area contributed by atoms with Crippen LogP contribution in [0.5, 0.6) is 0 Å². The van der Waals surface area contributed by atoms with Gasteiger partial charge in [-0.1, -0.05) is 48.5 Å². The highest BCUT2D eigenvalue weighted by Gasteiger charge is 2.28. The van der Waals surface area contributed by atoms with Crippen LogP contribution < -0.4 is 5.32 Å². The van der Waals surface area contributed by atoms with E-state index in [1.54, 1.807) is 29.6 Å². The van der Waals surface area contributed by atoms with Crippen LogP contribution in [0.2, 0.25) is 0 Å². The molecule has 3 rings (SSSR count). The minimum atomic E-state index is -4.54. The fourth-order valence-electron chi connectivity index (χ4n) is 2.56. The van der Waals surface area contributed by atoms with Crippen molar-refractivity contribution >= 4 is 22.8 Å². The van der Waals surface area contributed by atoms with Crippen molar-refractivity contribution in [1.29, 1.82) is 0 Å². The number of benzene rings is 2. The lowest BCUT2D eigenvalue weighted by atomic mass is 10.0. The molecule has 1 heterocycles. The van der Waals surface area contributed by atoms with Crippen LogP contribution in [0.3, 0.4) is 0 Å². The van der Waals surface area contributed by atoms with Gasteiger partial charge in [0.15, 0.2) is 6.61 Å². The number of halogens is 3. The molecule has 0 aliphatic rings. The number of para-hydroxylation sites is 1. The van der Waals surface area contributed by atoms with Crippen molar-refractivity contribution in [3.63, 3.8) is 0 Å². The third kappa shape index (κ3) is 4.85. The van der Waals surface area contributed by atoms with E-state index in [1.807, 2.05) is 30.3 Å². The van der Waals surface area contributed by atoms with Crippen molar-refractivity contribution in [2.45, 2.75) is 6.18 Å². The Balaban J connectivity index is 1.83. The summed E-state index contributed by atoms with van der Waals surface area (Å²) in [5.74, 6) is -1.86. The third-order valence-electron chi connectivity index (χ3n) is 3.83. The van der Waals surface area contributed by atoms with E-state index in [0.717, 1.165) is 5.56 Å². The number of alkyl halides is 3. The highest BCUT2D eigenvalue weighted by molar-refractivity contribution is 6.05. The summed E-state index contributed by atoms with van der Waals surface area (Å²) in [5, 5.41) is 2.17. The van der Waals surface area contributed by atoms with Crippen molar-refractivity contribution in [3.8, 4) is 11.3 Å². The van der Waals surface area contributed by atoms with Crippen LogP contribution in [-0.2, 0) is 9.53 Å². The molecule has 0 radical (unpaired) electrons. The van der Waals surface area contributed by atoms with Gasteiger partial charge in [0.25, 0.3) is 5.91 Å². The van der Waals surface area contributed by atoms with E-state index in [2.05, 4.69) is 4.98 Å². The maximum Gasteiger partial charge on any atom is 0.405 e. The number of amides is 1. The highest BCUT2D eigenvalue weighted by Crippen LogP contribution is 2.25. The van der Waals surface area contributed by atoms with Crippen molar-refractivity contribution in [2.75, 3.05) is 13.2 Å². The fraction of sp³-hybridized carbons (Fsp3) is 0.150. The van der Waals surface area contributed by atoms with Crippen LogP contribution in [0.15, 0.2) is 60.7 Å². The van der Waals surface area contributed by atoms with Gasteiger partial charge in [-0.05, 0) is 12.1 Å². The van der Waals surface area contributed by atoms with Gasteiger partial charge in [-0.3, -0.25) is 4.79 Å². The van der Waals surface area contributed by atoms with Crippen LogP contribution in [-0.4, -0.2) is 36.2 Å². The van der Waals surface area contributed by atoms with Gasteiger partial charge in [-0.2, -0.15) is 13.2 Å². The Bertz CT molecular complexity index is 1000. The lowest BCUT2D eigenvalue weighted by Gasteiger charge is -2.11. The Morgan fingerprint density at radius 3 is 2.39 bits per heavy atom. The molecule has 8 heteroatoms. The SMILES string of the molecule is O=C(COC(=O)c1cc(-c2ccccc2)nc2ccccc12)NCC(F)(F)F. The summed E-state index contributed by atoms with van der Waals surface area (Å²) in [6, 6.07) is 17.6. The molecule has 28 heavy (non-hydrogen) atoms. The number of nitrogens with one attached hydrogen (secondary N) is 1. The number of carbonyl (C=O) groups excluding carboxylic acids is 2. The van der Waals surface area contributed by atoms with E-state index >= 15 is 0 Å². The molecule has 0 saturated carbocycles. The Hall–Kier alpha value is -3.42. The zero-order chi connectivity index (χ0) is 20.1. The first-order chi connectivity index (χ1) is 13.3. The molecule has 0 atom stereocenters. The molecular formula is C20H15F3N2O3. The van der Waals surface area contributed by atoms with Gasteiger partial charge in [-0.25, -0.2) is 9.78 Å². The predicted octanol–water partition coefficient (Wildman–Crippen LogP) is 3.74. The summed E-state index contributed by atoms with van der Waals surface area (Å²) in [7, 11) is 0. The molecule has 0 spiro atoms. The molecular weight excluding hydrogens is 373 g/mol. The number of nitrogens with zero attached hydrogens (tertiary/aromatic N) is 1. The number of hydrogen-bond donors (Lipinski definition) is 1. The number of hydrogen-bond acceptors (Lipinski definition) is 4. The first-order valence-electron chi connectivity index (χ1n) is 8.29. The summed E-state index contributed by atoms with van der Waals surface area (Å²) < 4.78 is 41.3. The average molecular weight is 388 g/mol. The number of carbonyl (C=O) groups is 2. The first-order valence-corrected chi connectivity index (χ1v) is 8.29. The molecule has 1 N–H and O–H groups in total. The van der Waals surface area contributed by atoms with Crippen LogP contribution in [0.4, 0.5) is 13.2 Å². The van der Waals surface area contributed by atoms with Gasteiger partial charge < -0.3 is 10.1 Å². The number of fused-ring (bicyclic) bond motifs is 1. The molecule has 3 aromatic rings. The maximum atomic E-state index is 12.5. The molecule has 0 unspecified atom stereocenters. The zero-order valence-corrected chi connectivity index (χ0v) is 14.5. The Morgan fingerprint density at radius 2 is 1.68 bits per heavy atom. The molecule has 5 nitrogen and oxygen atoms in total. The van der Waals surface area contributed by atoms with Crippen molar-refractivity contribution in [1.82, 2.24) is 10.3 Å². The van der Waals surface area contributed by atoms with Gasteiger partial charge in [0.05, 0.1) is 16.8 Å². The quantitative estimate of drug-likeness (QED) is 0.676. The van der Waals surface area contributed by atoms with E-state index < -0.39 is 31.2 Å². The number of rotatable bonds is 5. The first kappa shape index (κ1) is 19.3. The molecule has 1 aromatic heterocycles. The Kier molecular flexibility index (Phi) is 5.58. The van der Waals surface area contributed by atoms with Gasteiger partial charge in [0, 0.05) is 10.9 Å². The fourth-order valence-corrected chi connectivity index (χ4v) is 2.56. The minimum Gasteiger partial charge on any atom is -0.452 e. The van der Waals surface area contributed by atoms with Gasteiger partial charge >= 0.3 is 12.1 Å². The van der Waals surface area contributed by atoms with Crippen molar-refractivity contribution < 1.29 is 27.5 Å². The predicted molar refractivity (Wildman–Crippen MR) is 96.5 cm³/mol. The lowest BCUT2D eigenvalue weighted by Crippen LogP contribution is -2.36. The Labute approximate surface area is 158 Å². The van der Waals surface area contributed by atoms with E-state index in [-0.39, 0.29) is 5.56 Å². The number of pyridine rings is 1. The van der Waals surface area contributed by atoms with E-state index in [1.165, 1.54) is 6.07 Å². The summed E-state index contributed by atoms with van der Waals surface area (Å²) in [5.41, 5.74) is 2.04. The average Bonchev–Trinajstić information content (AvgIpc) is 2.69. The lowest BCUT2D eigenvalue weighted by molar-refractivity contribution is -0.140. The summed E-state index contributed by atoms with van der Waals surface area (Å²) >= 11 is 0. The van der Waals surface area contributed by atoms with Crippen molar-refractivity contribution in [3.05, 3.63) is 66.2 Å². The van der Waals surface area contributed by atoms with Crippen LogP contribution >= 0.6 is 0 Å². The molecule has 0 saturated heterocycles. The molecule has 0 aliphatic heterocycles. The molecule has 2 aromatic carbocycles. The second kappa shape index (κ2) is 8.08. The monoisotopic (exact) mass is 388 g/mol. The Morgan fingerprint density at radius 1 is 1.00 bits per heavy atom. The van der Waals surface area contributed by atoms with Gasteiger partial charge in [0.2, 0.25) is 0 Å². The minimum absolute atomic E-state index is 0.174. The van der Waals surface area contributed by atoms with Crippen LogP contribution in [0.25, 0.3) is 22.2 Å². The molecule has 0 aliphatic carbocycles. The van der Waals surface area contributed by atoms with Crippen molar-refractivity contribution in [2.24, 2.45) is 0 Å². The van der Waals surface area contributed by atoms with Gasteiger partial charge in [-0.15, -0.1) is 0 Å². The zero-order valence-electron chi connectivity index (χ0n) is 14.5. The van der Waals surface area contributed by atoms with E-state index in [0.29, 0.717) is 16.6 Å². The maximum absolute atomic E-state index is 12.5. The van der Waals surface area contributed by atoms with E-state index in [4.69, 9.17) is 4.74 Å². The second-order valence-corrected chi connectivity index (χ2v) is 5.91. The summed E-state index contributed by atoms with van der Waals surface area (Å²) in [4.78, 5) is 28.5. The molecule has 0 bridgehead atoms. The van der Waals surface area contributed by atoms with Gasteiger partial charge in [0.1, 0.15) is 6.54 Å². The van der Waals surface area contributed by atoms with E-state index in [9.17, 15) is 22.8 Å². The highest BCUT2D eigenvalue weighted by atomic mass is 19.4. The summed E-state index contributed by atoms with van der Waals surface area (Å²) in [6.45, 7) is -2.30.